The highest BCUT2D eigenvalue weighted by Gasteiger charge is 2.03. The molecule has 2 rings (SSSR count). The fraction of sp³-hybridized carbons (Fsp3) is 0.278. The molecule has 4 nitrogen and oxygen atoms in total. The first kappa shape index (κ1) is 17.3. The summed E-state index contributed by atoms with van der Waals surface area (Å²) in [4.78, 5) is 11.8. The van der Waals surface area contributed by atoms with Crippen molar-refractivity contribution in [3.63, 3.8) is 0 Å². The zero-order valence-corrected chi connectivity index (χ0v) is 13.9. The molecule has 0 saturated heterocycles. The van der Waals surface area contributed by atoms with Crippen molar-refractivity contribution in [2.75, 3.05) is 18.9 Å². The Labute approximate surface area is 141 Å². The zero-order chi connectivity index (χ0) is 16.5. The largest absolute Gasteiger partial charge is 0.489 e. The number of carbonyl (C=O) groups is 1. The van der Waals surface area contributed by atoms with Gasteiger partial charge in [0.15, 0.2) is 0 Å². The lowest BCUT2D eigenvalue weighted by atomic mass is 10.2. The number of carbonyl (C=O) groups excluding carboxylic acids is 1. The normalized spacial score (nSPS) is 10.3. The minimum absolute atomic E-state index is 0.00935. The Kier molecular flexibility index (Phi) is 6.91. The fourth-order valence-electron chi connectivity index (χ4n) is 2.06. The molecule has 0 radical (unpaired) electrons. The number of halogens is 1. The van der Waals surface area contributed by atoms with Crippen LogP contribution in [0, 0.1) is 0 Å². The molecule has 0 fully saturated rings. The SMILES string of the molecule is CNCCCC(=O)Nc1cccc(OCc2ccc(Cl)cc2)c1. The molecule has 23 heavy (non-hydrogen) atoms. The van der Waals surface area contributed by atoms with Crippen molar-refractivity contribution in [1.82, 2.24) is 5.32 Å². The molecule has 2 aromatic rings. The van der Waals surface area contributed by atoms with Crippen LogP contribution in [0.5, 0.6) is 5.75 Å². The second kappa shape index (κ2) is 9.18. The Morgan fingerprint density at radius 3 is 2.70 bits per heavy atom. The third kappa shape index (κ3) is 6.30. The van der Waals surface area contributed by atoms with Crippen LogP contribution < -0.4 is 15.4 Å². The number of hydrogen-bond donors (Lipinski definition) is 2. The van der Waals surface area contributed by atoms with Gasteiger partial charge in [0.25, 0.3) is 0 Å². The summed E-state index contributed by atoms with van der Waals surface area (Å²) in [5.74, 6) is 0.725. The molecule has 2 N–H and O–H groups in total. The maximum absolute atomic E-state index is 11.8. The summed E-state index contributed by atoms with van der Waals surface area (Å²) in [6, 6.07) is 14.9. The minimum atomic E-state index is 0.00935. The van der Waals surface area contributed by atoms with Crippen LogP contribution in [0.4, 0.5) is 5.69 Å². The number of rotatable bonds is 8. The highest BCUT2D eigenvalue weighted by Crippen LogP contribution is 2.19. The van der Waals surface area contributed by atoms with Crippen molar-refractivity contribution in [2.45, 2.75) is 19.4 Å². The van der Waals surface area contributed by atoms with Gasteiger partial charge in [0.05, 0.1) is 0 Å². The minimum Gasteiger partial charge on any atom is -0.489 e. The van der Waals surface area contributed by atoms with Crippen molar-refractivity contribution in [3.8, 4) is 5.75 Å². The van der Waals surface area contributed by atoms with Crippen molar-refractivity contribution >= 4 is 23.2 Å². The molecule has 0 bridgehead atoms. The predicted molar refractivity (Wildman–Crippen MR) is 94.0 cm³/mol. The van der Waals surface area contributed by atoms with E-state index in [1.807, 2.05) is 55.6 Å². The Morgan fingerprint density at radius 2 is 1.96 bits per heavy atom. The van der Waals surface area contributed by atoms with Gasteiger partial charge in [-0.2, -0.15) is 0 Å². The van der Waals surface area contributed by atoms with Crippen molar-refractivity contribution in [1.29, 1.82) is 0 Å². The zero-order valence-electron chi connectivity index (χ0n) is 13.1. The predicted octanol–water partition coefficient (Wildman–Crippen LogP) is 3.86. The fourth-order valence-corrected chi connectivity index (χ4v) is 2.19. The highest BCUT2D eigenvalue weighted by molar-refractivity contribution is 6.30. The van der Waals surface area contributed by atoms with Gasteiger partial charge in [0.1, 0.15) is 12.4 Å². The molecular weight excluding hydrogens is 312 g/mol. The average molecular weight is 333 g/mol. The van der Waals surface area contributed by atoms with Crippen LogP contribution in [0.15, 0.2) is 48.5 Å². The van der Waals surface area contributed by atoms with E-state index in [9.17, 15) is 4.79 Å². The summed E-state index contributed by atoms with van der Waals surface area (Å²) < 4.78 is 5.75. The van der Waals surface area contributed by atoms with E-state index in [1.165, 1.54) is 0 Å². The van der Waals surface area contributed by atoms with E-state index < -0.39 is 0 Å². The van der Waals surface area contributed by atoms with Gasteiger partial charge in [-0.3, -0.25) is 4.79 Å². The highest BCUT2D eigenvalue weighted by atomic mass is 35.5. The van der Waals surface area contributed by atoms with Gasteiger partial charge in [0, 0.05) is 23.2 Å². The molecule has 0 saturated carbocycles. The third-order valence-electron chi connectivity index (χ3n) is 3.27. The topological polar surface area (TPSA) is 50.4 Å². The van der Waals surface area contributed by atoms with E-state index in [0.29, 0.717) is 23.8 Å². The van der Waals surface area contributed by atoms with Crippen molar-refractivity contribution in [2.24, 2.45) is 0 Å². The molecule has 2 aromatic carbocycles. The summed E-state index contributed by atoms with van der Waals surface area (Å²) in [6.07, 6.45) is 1.31. The Hall–Kier alpha value is -2.04. The first-order valence-corrected chi connectivity index (χ1v) is 7.97. The van der Waals surface area contributed by atoms with E-state index in [-0.39, 0.29) is 5.91 Å². The number of anilines is 1. The van der Waals surface area contributed by atoms with Crippen molar-refractivity contribution < 1.29 is 9.53 Å². The molecule has 0 spiro atoms. The van der Waals surface area contributed by atoms with E-state index in [4.69, 9.17) is 16.3 Å². The third-order valence-corrected chi connectivity index (χ3v) is 3.52. The Balaban J connectivity index is 1.86. The Morgan fingerprint density at radius 1 is 1.17 bits per heavy atom. The van der Waals surface area contributed by atoms with Crippen LogP contribution in [0.1, 0.15) is 18.4 Å². The monoisotopic (exact) mass is 332 g/mol. The van der Waals surface area contributed by atoms with E-state index in [0.717, 1.165) is 24.2 Å². The Bertz CT molecular complexity index is 629. The molecule has 0 aromatic heterocycles. The van der Waals surface area contributed by atoms with E-state index >= 15 is 0 Å². The second-order valence-electron chi connectivity index (χ2n) is 5.20. The first-order valence-electron chi connectivity index (χ1n) is 7.59. The molecule has 0 atom stereocenters. The van der Waals surface area contributed by atoms with Crippen LogP contribution in [0.25, 0.3) is 0 Å². The van der Waals surface area contributed by atoms with Crippen LogP contribution in [-0.4, -0.2) is 19.5 Å². The number of nitrogens with one attached hydrogen (secondary N) is 2. The summed E-state index contributed by atoms with van der Waals surface area (Å²) in [7, 11) is 1.87. The summed E-state index contributed by atoms with van der Waals surface area (Å²) >= 11 is 5.86. The molecule has 0 unspecified atom stereocenters. The van der Waals surface area contributed by atoms with Crippen LogP contribution in [0.3, 0.4) is 0 Å². The lowest BCUT2D eigenvalue weighted by molar-refractivity contribution is -0.116. The molecular formula is C18H21ClN2O2. The smallest absolute Gasteiger partial charge is 0.224 e. The maximum atomic E-state index is 11.8. The van der Waals surface area contributed by atoms with Gasteiger partial charge >= 0.3 is 0 Å². The van der Waals surface area contributed by atoms with Gasteiger partial charge in [-0.25, -0.2) is 0 Å². The van der Waals surface area contributed by atoms with Gasteiger partial charge < -0.3 is 15.4 Å². The maximum Gasteiger partial charge on any atom is 0.224 e. The molecule has 0 aliphatic rings. The molecule has 0 heterocycles. The number of benzene rings is 2. The van der Waals surface area contributed by atoms with Gasteiger partial charge in [-0.1, -0.05) is 29.8 Å². The van der Waals surface area contributed by atoms with Gasteiger partial charge in [-0.15, -0.1) is 0 Å². The van der Waals surface area contributed by atoms with Gasteiger partial charge in [0.2, 0.25) is 5.91 Å². The standard InChI is InChI=1S/C18H21ClN2O2/c1-20-11-3-6-18(22)21-16-4-2-5-17(12-16)23-13-14-7-9-15(19)10-8-14/h2,4-5,7-10,12,20H,3,6,11,13H2,1H3,(H,21,22). The first-order chi connectivity index (χ1) is 11.2. The number of hydrogen-bond acceptors (Lipinski definition) is 3. The average Bonchev–Trinajstić information content (AvgIpc) is 2.55. The van der Waals surface area contributed by atoms with E-state index in [2.05, 4.69) is 10.6 Å². The molecule has 0 aliphatic carbocycles. The quantitative estimate of drug-likeness (QED) is 0.722. The van der Waals surface area contributed by atoms with Crippen LogP contribution >= 0.6 is 11.6 Å². The summed E-state index contributed by atoms with van der Waals surface area (Å²) in [5.41, 5.74) is 1.78. The van der Waals surface area contributed by atoms with E-state index in [1.54, 1.807) is 0 Å². The lowest BCUT2D eigenvalue weighted by Gasteiger charge is -2.09. The second-order valence-corrected chi connectivity index (χ2v) is 5.63. The van der Waals surface area contributed by atoms with Crippen LogP contribution in [-0.2, 0) is 11.4 Å². The lowest BCUT2D eigenvalue weighted by Crippen LogP contribution is -2.15. The molecule has 5 heteroatoms. The van der Waals surface area contributed by atoms with Crippen LogP contribution in [0.2, 0.25) is 5.02 Å². The van der Waals surface area contributed by atoms with Gasteiger partial charge in [-0.05, 0) is 49.8 Å². The number of amides is 1. The molecule has 1 amide bonds. The molecule has 0 aliphatic heterocycles. The summed E-state index contributed by atoms with van der Waals surface area (Å²) in [5, 5.41) is 6.61. The summed E-state index contributed by atoms with van der Waals surface area (Å²) in [6.45, 7) is 1.29. The number of ether oxygens (including phenoxy) is 1. The molecule has 122 valence electrons. The van der Waals surface area contributed by atoms with Crippen molar-refractivity contribution in [3.05, 3.63) is 59.1 Å².